The summed E-state index contributed by atoms with van der Waals surface area (Å²) in [6, 6.07) is 12.6. The molecule has 0 atom stereocenters. The summed E-state index contributed by atoms with van der Waals surface area (Å²) in [6.07, 6.45) is 0. The number of aryl methyl sites for hydroxylation is 1. The topological polar surface area (TPSA) is 39.4 Å². The molecule has 4 heteroatoms. The number of fused-ring (bicyclic) bond motifs is 1. The highest BCUT2D eigenvalue weighted by molar-refractivity contribution is 6.30. The normalized spacial score (nSPS) is 10.9. The maximum absolute atomic E-state index is 12.7. The maximum atomic E-state index is 12.7. The van der Waals surface area contributed by atoms with Gasteiger partial charge in [-0.15, -0.1) is 0 Å². The molecular weight excluding hydrogens is 300 g/mol. The summed E-state index contributed by atoms with van der Waals surface area (Å²) >= 11 is 5.92. The van der Waals surface area contributed by atoms with Crippen LogP contribution in [0, 0.1) is 6.92 Å². The summed E-state index contributed by atoms with van der Waals surface area (Å²) in [7, 11) is 0. The van der Waals surface area contributed by atoms with Crippen molar-refractivity contribution in [1.82, 2.24) is 0 Å². The van der Waals surface area contributed by atoms with Crippen LogP contribution in [0.25, 0.3) is 22.3 Å². The summed E-state index contributed by atoms with van der Waals surface area (Å²) in [4.78, 5) is 12.7. The van der Waals surface area contributed by atoms with E-state index in [1.54, 1.807) is 18.2 Å². The zero-order valence-electron chi connectivity index (χ0n) is 12.4. The van der Waals surface area contributed by atoms with Crippen molar-refractivity contribution >= 4 is 22.6 Å². The molecule has 0 unspecified atom stereocenters. The molecule has 0 N–H and O–H groups in total. The fourth-order valence-corrected chi connectivity index (χ4v) is 2.48. The predicted molar refractivity (Wildman–Crippen MR) is 88.8 cm³/mol. The van der Waals surface area contributed by atoms with Gasteiger partial charge in [0.05, 0.1) is 12.0 Å². The number of ether oxygens (including phenoxy) is 1. The van der Waals surface area contributed by atoms with Gasteiger partial charge in [0, 0.05) is 10.6 Å². The molecule has 1 aromatic heterocycles. The van der Waals surface area contributed by atoms with Crippen molar-refractivity contribution in [2.24, 2.45) is 0 Å². The Morgan fingerprint density at radius 2 is 1.86 bits per heavy atom. The smallest absolute Gasteiger partial charge is 0.235 e. The van der Waals surface area contributed by atoms with Crippen LogP contribution in [0.4, 0.5) is 0 Å². The predicted octanol–water partition coefficient (Wildman–Crippen LogP) is 4.82. The van der Waals surface area contributed by atoms with E-state index >= 15 is 0 Å². The van der Waals surface area contributed by atoms with Gasteiger partial charge in [-0.2, -0.15) is 0 Å². The Balaban J connectivity index is 2.33. The fraction of sp³-hybridized carbons (Fsp3) is 0.167. The van der Waals surface area contributed by atoms with Crippen LogP contribution in [0.2, 0.25) is 5.02 Å². The third-order valence-corrected chi connectivity index (χ3v) is 3.65. The van der Waals surface area contributed by atoms with Crippen molar-refractivity contribution in [3.05, 3.63) is 63.3 Å². The van der Waals surface area contributed by atoms with E-state index in [4.69, 9.17) is 20.8 Å². The van der Waals surface area contributed by atoms with Gasteiger partial charge >= 0.3 is 0 Å². The second-order valence-corrected chi connectivity index (χ2v) is 5.47. The van der Waals surface area contributed by atoms with E-state index in [1.165, 1.54) is 0 Å². The first-order valence-corrected chi connectivity index (χ1v) is 7.44. The molecule has 3 rings (SSSR count). The lowest BCUT2D eigenvalue weighted by molar-refractivity contribution is 0.330. The van der Waals surface area contributed by atoms with Gasteiger partial charge < -0.3 is 9.15 Å². The number of hydrogen-bond acceptors (Lipinski definition) is 3. The Morgan fingerprint density at radius 3 is 2.55 bits per heavy atom. The second kappa shape index (κ2) is 5.85. The van der Waals surface area contributed by atoms with Gasteiger partial charge in [-0.05, 0) is 55.8 Å². The average Bonchev–Trinajstić information content (AvgIpc) is 2.50. The molecular formula is C18H15ClO3. The van der Waals surface area contributed by atoms with E-state index in [2.05, 4.69) is 0 Å². The molecule has 0 fully saturated rings. The summed E-state index contributed by atoms with van der Waals surface area (Å²) < 4.78 is 11.5. The van der Waals surface area contributed by atoms with E-state index < -0.39 is 0 Å². The minimum atomic E-state index is -0.159. The first-order chi connectivity index (χ1) is 10.6. The van der Waals surface area contributed by atoms with Gasteiger partial charge in [0.15, 0.2) is 5.76 Å². The van der Waals surface area contributed by atoms with Crippen molar-refractivity contribution in [3.8, 4) is 17.1 Å². The monoisotopic (exact) mass is 314 g/mol. The minimum absolute atomic E-state index is 0.159. The SMILES string of the molecule is CCOc1c(-c2ccc(Cl)cc2)oc2cc(C)ccc2c1=O. The molecule has 112 valence electrons. The molecule has 0 bridgehead atoms. The lowest BCUT2D eigenvalue weighted by Gasteiger charge is -2.10. The standard InChI is InChI=1S/C18H15ClO3/c1-3-21-18-16(20)14-9-4-11(2)10-15(14)22-17(18)12-5-7-13(19)8-6-12/h4-10H,3H2,1-2H3. The van der Waals surface area contributed by atoms with Gasteiger partial charge in [0.1, 0.15) is 5.58 Å². The molecule has 1 heterocycles. The molecule has 22 heavy (non-hydrogen) atoms. The molecule has 0 aliphatic carbocycles. The molecule has 2 aromatic carbocycles. The third kappa shape index (κ3) is 2.60. The molecule has 3 aromatic rings. The fourth-order valence-electron chi connectivity index (χ4n) is 2.35. The maximum Gasteiger partial charge on any atom is 0.235 e. The Hall–Kier alpha value is -2.26. The van der Waals surface area contributed by atoms with Crippen LogP contribution in [-0.2, 0) is 0 Å². The quantitative estimate of drug-likeness (QED) is 0.695. The van der Waals surface area contributed by atoms with Crippen molar-refractivity contribution in [3.63, 3.8) is 0 Å². The molecule has 0 aliphatic heterocycles. The van der Waals surface area contributed by atoms with Crippen LogP contribution in [0.1, 0.15) is 12.5 Å². The van der Waals surface area contributed by atoms with Gasteiger partial charge in [0.2, 0.25) is 11.2 Å². The largest absolute Gasteiger partial charge is 0.487 e. The van der Waals surface area contributed by atoms with Crippen molar-refractivity contribution in [1.29, 1.82) is 0 Å². The Morgan fingerprint density at radius 1 is 1.14 bits per heavy atom. The van der Waals surface area contributed by atoms with E-state index in [0.717, 1.165) is 11.1 Å². The highest BCUT2D eigenvalue weighted by Gasteiger charge is 2.17. The van der Waals surface area contributed by atoms with E-state index in [0.29, 0.717) is 28.4 Å². The number of rotatable bonds is 3. The van der Waals surface area contributed by atoms with Crippen LogP contribution in [0.3, 0.4) is 0 Å². The molecule has 0 spiro atoms. The first-order valence-electron chi connectivity index (χ1n) is 7.06. The van der Waals surface area contributed by atoms with Crippen LogP contribution in [0.5, 0.6) is 5.75 Å². The molecule has 0 saturated heterocycles. The zero-order chi connectivity index (χ0) is 15.7. The highest BCUT2D eigenvalue weighted by atomic mass is 35.5. The van der Waals surface area contributed by atoms with Crippen LogP contribution in [0.15, 0.2) is 51.7 Å². The first kappa shape index (κ1) is 14.7. The minimum Gasteiger partial charge on any atom is -0.487 e. The number of hydrogen-bond donors (Lipinski definition) is 0. The summed E-state index contributed by atoms with van der Waals surface area (Å²) in [5.41, 5.74) is 2.18. The lowest BCUT2D eigenvalue weighted by atomic mass is 10.1. The zero-order valence-corrected chi connectivity index (χ0v) is 13.1. The van der Waals surface area contributed by atoms with Gasteiger partial charge in [-0.25, -0.2) is 0 Å². The van der Waals surface area contributed by atoms with E-state index in [9.17, 15) is 4.79 Å². The number of benzene rings is 2. The molecule has 0 saturated carbocycles. The Labute approximate surface area is 133 Å². The van der Waals surface area contributed by atoms with E-state index in [1.807, 2.05) is 38.1 Å². The van der Waals surface area contributed by atoms with Crippen molar-refractivity contribution in [2.45, 2.75) is 13.8 Å². The van der Waals surface area contributed by atoms with Crippen molar-refractivity contribution < 1.29 is 9.15 Å². The van der Waals surface area contributed by atoms with Crippen LogP contribution >= 0.6 is 11.6 Å². The molecule has 0 radical (unpaired) electrons. The third-order valence-electron chi connectivity index (χ3n) is 3.40. The Bertz CT molecular complexity index is 879. The van der Waals surface area contributed by atoms with Crippen LogP contribution in [-0.4, -0.2) is 6.61 Å². The average molecular weight is 315 g/mol. The Kier molecular flexibility index (Phi) is 3.90. The van der Waals surface area contributed by atoms with Crippen LogP contribution < -0.4 is 10.2 Å². The van der Waals surface area contributed by atoms with Gasteiger partial charge in [0.25, 0.3) is 0 Å². The summed E-state index contributed by atoms with van der Waals surface area (Å²) in [6.45, 7) is 4.19. The summed E-state index contributed by atoms with van der Waals surface area (Å²) in [5, 5.41) is 1.15. The van der Waals surface area contributed by atoms with Crippen molar-refractivity contribution in [2.75, 3.05) is 6.61 Å². The van der Waals surface area contributed by atoms with Gasteiger partial charge in [-0.3, -0.25) is 4.79 Å². The molecule has 0 aliphatic rings. The van der Waals surface area contributed by atoms with E-state index in [-0.39, 0.29) is 11.2 Å². The lowest BCUT2D eigenvalue weighted by Crippen LogP contribution is -2.10. The van der Waals surface area contributed by atoms with Gasteiger partial charge in [-0.1, -0.05) is 17.7 Å². The molecule has 0 amide bonds. The second-order valence-electron chi connectivity index (χ2n) is 5.03. The molecule has 3 nitrogen and oxygen atoms in total. The highest BCUT2D eigenvalue weighted by Crippen LogP contribution is 2.31. The number of halogens is 1. The summed E-state index contributed by atoms with van der Waals surface area (Å²) in [5.74, 6) is 0.669.